The Balaban J connectivity index is 0.000000371. The summed E-state index contributed by atoms with van der Waals surface area (Å²) < 4.78 is 75.9. The molecule has 42 heavy (non-hydrogen) atoms. The Bertz CT molecular complexity index is 1320. The van der Waals surface area contributed by atoms with Gasteiger partial charge in [-0.3, -0.25) is 9.59 Å². The third-order valence-corrected chi connectivity index (χ3v) is 6.03. The van der Waals surface area contributed by atoms with Crippen molar-refractivity contribution in [3.05, 3.63) is 41.0 Å². The molecule has 2 fully saturated rings. The molecule has 3 aromatic rings. The molecule has 0 unspecified atom stereocenters. The quantitative estimate of drug-likeness (QED) is 0.253. The summed E-state index contributed by atoms with van der Waals surface area (Å²) in [4.78, 5) is 31.4. The maximum Gasteiger partial charge on any atom is 0.393 e. The van der Waals surface area contributed by atoms with Crippen molar-refractivity contribution < 1.29 is 40.6 Å². The highest BCUT2D eigenvalue weighted by Gasteiger charge is 2.43. The van der Waals surface area contributed by atoms with Crippen molar-refractivity contribution in [3.63, 3.8) is 0 Å². The Kier molecular flexibility index (Phi) is 10.6. The zero-order chi connectivity index (χ0) is 31.1. The third kappa shape index (κ3) is 11.0. The van der Waals surface area contributed by atoms with E-state index in [1.54, 1.807) is 18.2 Å². The molecule has 2 heterocycles. The van der Waals surface area contributed by atoms with Crippen LogP contribution in [0, 0.1) is 5.41 Å². The summed E-state index contributed by atoms with van der Waals surface area (Å²) in [6.45, 7) is 3.67. The molecule has 3 N–H and O–H groups in total. The number of nitrogens with zero attached hydrogens (tertiary/aromatic N) is 3. The van der Waals surface area contributed by atoms with Gasteiger partial charge in [0.15, 0.2) is 5.69 Å². The Morgan fingerprint density at radius 2 is 1.62 bits per heavy atom. The number of benzene rings is 1. The first kappa shape index (κ1) is 32.9. The van der Waals surface area contributed by atoms with Crippen LogP contribution in [0.2, 0.25) is 0 Å². The smallest absolute Gasteiger partial charge is 0.352 e. The number of carbonyl (C=O) groups is 2. The number of aromatic amines is 1. The van der Waals surface area contributed by atoms with Gasteiger partial charge < -0.3 is 15.6 Å². The van der Waals surface area contributed by atoms with Gasteiger partial charge in [-0.1, -0.05) is 51.3 Å². The number of fused-ring (bicyclic) bond motifs is 1. The van der Waals surface area contributed by atoms with Crippen LogP contribution in [-0.4, -0.2) is 44.4 Å². The van der Waals surface area contributed by atoms with Gasteiger partial charge in [-0.2, -0.15) is 26.3 Å². The maximum absolute atomic E-state index is 12.3. The molecule has 2 aliphatic rings. The van der Waals surface area contributed by atoms with Gasteiger partial charge >= 0.3 is 12.4 Å². The number of amides is 2. The van der Waals surface area contributed by atoms with Crippen molar-refractivity contribution in [2.45, 2.75) is 97.1 Å². The van der Waals surface area contributed by atoms with Gasteiger partial charge in [0.2, 0.25) is 5.91 Å². The fourth-order valence-electron chi connectivity index (χ4n) is 3.07. The average Bonchev–Trinajstić information content (AvgIpc) is 3.84. The summed E-state index contributed by atoms with van der Waals surface area (Å²) in [7, 11) is 0. The molecular weight excluding hydrogens is 570 g/mol. The molecule has 0 saturated heterocycles. The van der Waals surface area contributed by atoms with E-state index >= 15 is 0 Å². The van der Waals surface area contributed by atoms with E-state index in [1.165, 1.54) is 19.3 Å². The van der Waals surface area contributed by atoms with E-state index < -0.39 is 42.4 Å². The van der Waals surface area contributed by atoms with Crippen molar-refractivity contribution in [2.75, 3.05) is 0 Å². The highest BCUT2D eigenvalue weighted by atomic mass is 19.4. The highest BCUT2D eigenvalue weighted by molar-refractivity contribution is 5.93. The highest BCUT2D eigenvalue weighted by Crippen LogP contribution is 2.40. The minimum Gasteiger partial charge on any atom is -0.352 e. The van der Waals surface area contributed by atoms with Crippen LogP contribution in [0.15, 0.2) is 22.8 Å². The van der Waals surface area contributed by atoms with Gasteiger partial charge in [-0.15, -0.1) is 0 Å². The van der Waals surface area contributed by atoms with E-state index in [-0.39, 0.29) is 24.7 Å². The molecule has 0 aliphatic heterocycles. The monoisotopic (exact) mass is 604 g/mol. The van der Waals surface area contributed by atoms with Gasteiger partial charge in [0, 0.05) is 18.9 Å². The lowest BCUT2D eigenvalue weighted by molar-refractivity contribution is -0.204. The molecule has 15 heteroatoms. The lowest BCUT2D eigenvalue weighted by Gasteiger charge is -2.21. The summed E-state index contributed by atoms with van der Waals surface area (Å²) >= 11 is 0. The van der Waals surface area contributed by atoms with Crippen molar-refractivity contribution in [3.8, 4) is 0 Å². The van der Waals surface area contributed by atoms with Crippen molar-refractivity contribution in [1.29, 1.82) is 0 Å². The molecule has 5 rings (SSSR count). The van der Waals surface area contributed by atoms with E-state index in [9.17, 15) is 35.9 Å². The molecular formula is C27H34F6N6O3. The summed E-state index contributed by atoms with van der Waals surface area (Å²) in [6.07, 6.45) is -3.76. The Morgan fingerprint density at radius 3 is 2.17 bits per heavy atom. The van der Waals surface area contributed by atoms with Crippen LogP contribution in [0.3, 0.4) is 0 Å². The molecule has 2 aromatic heterocycles. The van der Waals surface area contributed by atoms with E-state index in [0.29, 0.717) is 28.1 Å². The summed E-state index contributed by atoms with van der Waals surface area (Å²) in [5.41, 5.74) is 1.22. The molecule has 0 radical (unpaired) electrons. The molecule has 9 nitrogen and oxygen atoms in total. The normalized spacial score (nSPS) is 14.8. The predicted molar refractivity (Wildman–Crippen MR) is 140 cm³/mol. The number of imidazole rings is 1. The van der Waals surface area contributed by atoms with Crippen LogP contribution in [0.25, 0.3) is 11.0 Å². The van der Waals surface area contributed by atoms with Crippen molar-refractivity contribution >= 4 is 22.8 Å². The fourth-order valence-corrected chi connectivity index (χ4v) is 3.07. The third-order valence-electron chi connectivity index (χ3n) is 6.03. The first-order chi connectivity index (χ1) is 19.5. The second kappa shape index (κ2) is 13.6. The number of aromatic nitrogens is 4. The topological polar surface area (TPSA) is 126 Å². The SMILES string of the molecule is C1CC1.CC(C)(C)C(F)(F)F.O=C(CCC(F)(F)F)NCc1ccc2nc(CNC(=O)c3nonc3C3CC3)[nH]c2c1. The van der Waals surface area contributed by atoms with Crippen LogP contribution in [0.4, 0.5) is 26.3 Å². The number of hydrogen-bond donors (Lipinski definition) is 3. The first-order valence-electron chi connectivity index (χ1n) is 13.5. The Labute approximate surface area is 238 Å². The molecule has 0 atom stereocenters. The number of carbonyl (C=O) groups excluding carboxylic acids is 2. The van der Waals surface area contributed by atoms with Gasteiger partial charge in [0.25, 0.3) is 5.91 Å². The van der Waals surface area contributed by atoms with Crippen LogP contribution >= 0.6 is 0 Å². The van der Waals surface area contributed by atoms with Crippen LogP contribution in [-0.2, 0) is 17.9 Å². The summed E-state index contributed by atoms with van der Waals surface area (Å²) in [5, 5.41) is 12.7. The summed E-state index contributed by atoms with van der Waals surface area (Å²) in [5.74, 6) is -0.325. The first-order valence-corrected chi connectivity index (χ1v) is 13.5. The number of hydrogen-bond acceptors (Lipinski definition) is 6. The molecule has 0 bridgehead atoms. The second-order valence-electron chi connectivity index (χ2n) is 11.2. The summed E-state index contributed by atoms with van der Waals surface area (Å²) in [6, 6.07) is 5.18. The Morgan fingerprint density at radius 1 is 0.976 bits per heavy atom. The molecule has 232 valence electrons. The zero-order valence-corrected chi connectivity index (χ0v) is 23.5. The number of nitrogens with one attached hydrogen (secondary N) is 3. The van der Waals surface area contributed by atoms with E-state index in [0.717, 1.165) is 33.6 Å². The van der Waals surface area contributed by atoms with Crippen molar-refractivity contribution in [2.24, 2.45) is 5.41 Å². The zero-order valence-electron chi connectivity index (χ0n) is 23.5. The van der Waals surface area contributed by atoms with E-state index in [2.05, 4.69) is 35.5 Å². The minimum atomic E-state index is -4.36. The molecule has 2 amide bonds. The lowest BCUT2D eigenvalue weighted by Crippen LogP contribution is -2.28. The average molecular weight is 605 g/mol. The van der Waals surface area contributed by atoms with Crippen molar-refractivity contribution in [1.82, 2.24) is 30.9 Å². The van der Waals surface area contributed by atoms with Gasteiger partial charge in [0.05, 0.1) is 29.4 Å². The fraction of sp³-hybridized carbons (Fsp3) is 0.593. The molecule has 1 aromatic carbocycles. The predicted octanol–water partition coefficient (Wildman–Crippen LogP) is 6.48. The van der Waals surface area contributed by atoms with E-state index in [1.807, 2.05) is 0 Å². The van der Waals surface area contributed by atoms with Gasteiger partial charge in [0.1, 0.15) is 11.5 Å². The second-order valence-corrected chi connectivity index (χ2v) is 11.2. The largest absolute Gasteiger partial charge is 0.393 e. The number of halogens is 6. The standard InChI is InChI=1S/C19H19F3N6O3.C5H9F3.C3H6/c20-19(21,22)6-5-15(29)23-8-10-1-4-12-13(7-10)26-14(25-12)9-24-18(30)17-16(11-2-3-11)27-31-28-17;1-4(2,3)5(6,7)8;1-2-3-1/h1,4,7,11H,2-3,5-6,8-9H2,(H,23,29)(H,24,30)(H,25,26);1-3H3;1-3H2. The van der Waals surface area contributed by atoms with Gasteiger partial charge in [-0.05, 0) is 35.7 Å². The van der Waals surface area contributed by atoms with Crippen LogP contribution < -0.4 is 10.6 Å². The molecule has 2 aliphatic carbocycles. The number of rotatable bonds is 8. The van der Waals surface area contributed by atoms with Gasteiger partial charge in [-0.25, -0.2) is 9.61 Å². The minimum absolute atomic E-state index is 0.0980. The van der Waals surface area contributed by atoms with E-state index in [4.69, 9.17) is 0 Å². The van der Waals surface area contributed by atoms with Crippen LogP contribution in [0.1, 0.15) is 99.2 Å². The maximum atomic E-state index is 12.3. The Hall–Kier alpha value is -3.65. The molecule has 2 saturated carbocycles. The number of alkyl halides is 6. The van der Waals surface area contributed by atoms with Crippen LogP contribution in [0.5, 0.6) is 0 Å². The number of H-pyrrole nitrogens is 1. The molecule has 0 spiro atoms. The lowest BCUT2D eigenvalue weighted by atomic mass is 9.96.